The van der Waals surface area contributed by atoms with E-state index in [4.69, 9.17) is 5.73 Å². The lowest BCUT2D eigenvalue weighted by Crippen LogP contribution is -2.03. The monoisotopic (exact) mass is 345 g/mol. The van der Waals surface area contributed by atoms with Gasteiger partial charge in [0.2, 0.25) is 0 Å². The molecule has 2 aromatic rings. The van der Waals surface area contributed by atoms with Crippen LogP contribution in [0.3, 0.4) is 0 Å². The molecule has 2 aromatic carbocycles. The van der Waals surface area contributed by atoms with Gasteiger partial charge in [0.1, 0.15) is 11.6 Å². The second kappa shape index (κ2) is 5.79. The van der Waals surface area contributed by atoms with Gasteiger partial charge in [-0.25, -0.2) is 8.78 Å². The summed E-state index contributed by atoms with van der Waals surface area (Å²) in [6.45, 7) is 0. The number of nitrogens with two attached hydrogens (primary N) is 1. The van der Waals surface area contributed by atoms with Gasteiger partial charge in [0, 0.05) is 15.7 Å². The van der Waals surface area contributed by atoms with Gasteiger partial charge in [-0.3, -0.25) is 4.21 Å². The molecular formula is C13H10BrF2NOS. The van der Waals surface area contributed by atoms with Crippen molar-refractivity contribution in [1.82, 2.24) is 0 Å². The first kappa shape index (κ1) is 14.1. The minimum Gasteiger partial charge on any atom is -0.398 e. The zero-order chi connectivity index (χ0) is 14.0. The number of hydrogen-bond acceptors (Lipinski definition) is 2. The van der Waals surface area contributed by atoms with Crippen LogP contribution in [0.4, 0.5) is 14.5 Å². The Labute approximate surface area is 120 Å². The first-order valence-electron chi connectivity index (χ1n) is 5.35. The molecule has 0 amide bonds. The number of halogens is 3. The average Bonchev–Trinajstić information content (AvgIpc) is 2.37. The first-order valence-corrected chi connectivity index (χ1v) is 7.46. The van der Waals surface area contributed by atoms with E-state index in [1.807, 2.05) is 0 Å². The highest BCUT2D eigenvalue weighted by atomic mass is 79.9. The molecule has 0 aliphatic heterocycles. The highest BCUT2D eigenvalue weighted by molar-refractivity contribution is 9.10. The highest BCUT2D eigenvalue weighted by Gasteiger charge is 2.15. The minimum atomic E-state index is -1.70. The van der Waals surface area contributed by atoms with Crippen LogP contribution in [0.1, 0.15) is 5.56 Å². The molecule has 0 heterocycles. The Morgan fingerprint density at radius 2 is 1.95 bits per heavy atom. The number of benzene rings is 2. The number of hydrogen-bond donors (Lipinski definition) is 1. The predicted molar refractivity (Wildman–Crippen MR) is 75.0 cm³/mol. The Morgan fingerprint density at radius 3 is 2.63 bits per heavy atom. The maximum absolute atomic E-state index is 13.5. The van der Waals surface area contributed by atoms with Crippen LogP contribution in [0.5, 0.6) is 0 Å². The molecule has 1 unspecified atom stereocenters. The standard InChI is InChI=1S/C13H10BrF2NOS/c14-10-2-1-3-12(17)9(10)7-19(18)13-6-8(15)4-5-11(13)16/h1-6H,7,17H2. The topological polar surface area (TPSA) is 43.1 Å². The molecule has 0 saturated carbocycles. The first-order chi connectivity index (χ1) is 8.99. The summed E-state index contributed by atoms with van der Waals surface area (Å²) in [7, 11) is -1.70. The lowest BCUT2D eigenvalue weighted by atomic mass is 10.2. The molecule has 6 heteroatoms. The largest absolute Gasteiger partial charge is 0.398 e. The summed E-state index contributed by atoms with van der Waals surface area (Å²) in [6, 6.07) is 8.06. The fourth-order valence-corrected chi connectivity index (χ4v) is 3.56. The van der Waals surface area contributed by atoms with Gasteiger partial charge < -0.3 is 5.73 Å². The van der Waals surface area contributed by atoms with Crippen LogP contribution in [0, 0.1) is 11.6 Å². The van der Waals surface area contributed by atoms with Gasteiger partial charge >= 0.3 is 0 Å². The summed E-state index contributed by atoms with van der Waals surface area (Å²) in [6.07, 6.45) is 0. The lowest BCUT2D eigenvalue weighted by molar-refractivity contribution is 0.572. The summed E-state index contributed by atoms with van der Waals surface area (Å²) in [5.74, 6) is -1.29. The molecule has 1 atom stereocenters. The highest BCUT2D eigenvalue weighted by Crippen LogP contribution is 2.26. The van der Waals surface area contributed by atoms with E-state index in [1.54, 1.807) is 18.2 Å². The van der Waals surface area contributed by atoms with Crippen molar-refractivity contribution in [3.8, 4) is 0 Å². The van der Waals surface area contributed by atoms with Crippen molar-refractivity contribution in [2.45, 2.75) is 10.6 Å². The van der Waals surface area contributed by atoms with E-state index < -0.39 is 22.4 Å². The van der Waals surface area contributed by atoms with Gasteiger partial charge in [0.15, 0.2) is 0 Å². The third-order valence-electron chi connectivity index (χ3n) is 2.57. The predicted octanol–water partition coefficient (Wildman–Crippen LogP) is 3.62. The molecule has 0 fully saturated rings. The van der Waals surface area contributed by atoms with Crippen LogP contribution < -0.4 is 5.73 Å². The van der Waals surface area contributed by atoms with E-state index in [0.29, 0.717) is 15.7 Å². The van der Waals surface area contributed by atoms with Gasteiger partial charge in [-0.1, -0.05) is 22.0 Å². The van der Waals surface area contributed by atoms with E-state index in [0.717, 1.165) is 18.2 Å². The van der Waals surface area contributed by atoms with Crippen LogP contribution in [-0.2, 0) is 16.6 Å². The van der Waals surface area contributed by atoms with E-state index >= 15 is 0 Å². The second-order valence-corrected chi connectivity index (χ2v) is 6.15. The molecule has 0 bridgehead atoms. The summed E-state index contributed by atoms with van der Waals surface area (Å²) in [5, 5.41) is 0. The zero-order valence-corrected chi connectivity index (χ0v) is 12.1. The Bertz CT molecular complexity index is 628. The Morgan fingerprint density at radius 1 is 1.21 bits per heavy atom. The van der Waals surface area contributed by atoms with Gasteiger partial charge in [-0.2, -0.15) is 0 Å². The van der Waals surface area contributed by atoms with Crippen molar-refractivity contribution in [1.29, 1.82) is 0 Å². The number of anilines is 1. The second-order valence-electron chi connectivity index (χ2n) is 3.87. The smallest absolute Gasteiger partial charge is 0.139 e. The van der Waals surface area contributed by atoms with Crippen molar-refractivity contribution in [2.75, 3.05) is 5.73 Å². The molecule has 2 N–H and O–H groups in total. The van der Waals surface area contributed by atoms with E-state index in [2.05, 4.69) is 15.9 Å². The summed E-state index contributed by atoms with van der Waals surface area (Å²) in [4.78, 5) is -0.157. The number of rotatable bonds is 3. The van der Waals surface area contributed by atoms with Crippen molar-refractivity contribution < 1.29 is 13.0 Å². The normalized spacial score (nSPS) is 12.4. The van der Waals surface area contributed by atoms with Crippen molar-refractivity contribution in [3.63, 3.8) is 0 Å². The minimum absolute atomic E-state index is 0.0215. The van der Waals surface area contributed by atoms with Gasteiger partial charge in [-0.15, -0.1) is 0 Å². The molecule has 0 radical (unpaired) electrons. The van der Waals surface area contributed by atoms with Crippen molar-refractivity contribution in [3.05, 3.63) is 58.1 Å². The molecule has 0 aliphatic carbocycles. The lowest BCUT2D eigenvalue weighted by Gasteiger charge is -2.09. The fourth-order valence-electron chi connectivity index (χ4n) is 1.59. The average molecular weight is 346 g/mol. The molecule has 0 aromatic heterocycles. The fraction of sp³-hybridized carbons (Fsp3) is 0.0769. The summed E-state index contributed by atoms with van der Waals surface area (Å²) >= 11 is 3.30. The zero-order valence-electron chi connectivity index (χ0n) is 9.70. The van der Waals surface area contributed by atoms with E-state index in [-0.39, 0.29) is 10.6 Å². The van der Waals surface area contributed by atoms with Crippen molar-refractivity contribution in [2.24, 2.45) is 0 Å². The van der Waals surface area contributed by atoms with Gasteiger partial charge in [0.25, 0.3) is 0 Å². The van der Waals surface area contributed by atoms with Gasteiger partial charge in [-0.05, 0) is 30.3 Å². The maximum Gasteiger partial charge on any atom is 0.139 e. The van der Waals surface area contributed by atoms with Crippen LogP contribution >= 0.6 is 15.9 Å². The molecule has 2 nitrogen and oxygen atoms in total. The Kier molecular flexibility index (Phi) is 4.31. The van der Waals surface area contributed by atoms with E-state index in [1.165, 1.54) is 0 Å². The van der Waals surface area contributed by atoms with Gasteiger partial charge in [0.05, 0.1) is 21.4 Å². The van der Waals surface area contributed by atoms with Crippen molar-refractivity contribution >= 4 is 32.4 Å². The molecule has 19 heavy (non-hydrogen) atoms. The Hall–Kier alpha value is -1.27. The molecule has 2 rings (SSSR count). The van der Waals surface area contributed by atoms with Crippen LogP contribution in [0.2, 0.25) is 0 Å². The summed E-state index contributed by atoms with van der Waals surface area (Å²) < 4.78 is 39.4. The molecule has 100 valence electrons. The quantitative estimate of drug-likeness (QED) is 0.863. The third kappa shape index (κ3) is 3.19. The SMILES string of the molecule is Nc1cccc(Br)c1CS(=O)c1cc(F)ccc1F. The maximum atomic E-state index is 13.5. The molecule has 0 aliphatic rings. The van der Waals surface area contributed by atoms with Crippen LogP contribution in [0.25, 0.3) is 0 Å². The molecule has 0 saturated heterocycles. The van der Waals surface area contributed by atoms with Crippen LogP contribution in [-0.4, -0.2) is 4.21 Å². The van der Waals surface area contributed by atoms with Crippen LogP contribution in [0.15, 0.2) is 45.8 Å². The van der Waals surface area contributed by atoms with E-state index in [9.17, 15) is 13.0 Å². The Balaban J connectivity index is 2.34. The molecular weight excluding hydrogens is 336 g/mol. The number of nitrogen functional groups attached to an aromatic ring is 1. The third-order valence-corrected chi connectivity index (χ3v) is 4.67. The molecule has 0 spiro atoms. The summed E-state index contributed by atoms with van der Waals surface area (Å²) in [5.41, 5.74) is 6.86.